The first kappa shape index (κ1) is 14.7. The SMILES string of the molecule is CC[C@@H]1C=CCN1C(=O)c1c(C)n(C)c2ccc(OC)cc12. The second-order valence-electron chi connectivity index (χ2n) is 5.76. The van der Waals surface area contributed by atoms with Crippen molar-refractivity contribution in [3.63, 3.8) is 0 Å². The van der Waals surface area contributed by atoms with Crippen molar-refractivity contribution in [1.29, 1.82) is 0 Å². The molecule has 1 aliphatic heterocycles. The topological polar surface area (TPSA) is 34.5 Å². The fourth-order valence-corrected chi connectivity index (χ4v) is 3.25. The molecule has 0 radical (unpaired) electrons. The molecule has 1 atom stereocenters. The van der Waals surface area contributed by atoms with Crippen LogP contribution in [0.15, 0.2) is 30.4 Å². The second-order valence-corrected chi connectivity index (χ2v) is 5.76. The molecule has 0 fully saturated rings. The number of carbonyl (C=O) groups excluding carboxylic acids is 1. The minimum absolute atomic E-state index is 0.105. The number of amides is 1. The monoisotopic (exact) mass is 298 g/mol. The van der Waals surface area contributed by atoms with Gasteiger partial charge >= 0.3 is 0 Å². The maximum Gasteiger partial charge on any atom is 0.257 e. The van der Waals surface area contributed by atoms with Gasteiger partial charge in [0.25, 0.3) is 5.91 Å². The Bertz CT molecular complexity index is 758. The molecule has 0 unspecified atom stereocenters. The van der Waals surface area contributed by atoms with E-state index in [4.69, 9.17) is 4.74 Å². The summed E-state index contributed by atoms with van der Waals surface area (Å²) in [6.07, 6.45) is 5.14. The van der Waals surface area contributed by atoms with Gasteiger partial charge in [-0.2, -0.15) is 0 Å². The maximum absolute atomic E-state index is 13.1. The van der Waals surface area contributed by atoms with Crippen LogP contribution in [0.25, 0.3) is 10.9 Å². The van der Waals surface area contributed by atoms with Crippen LogP contribution in [0.3, 0.4) is 0 Å². The number of nitrogens with zero attached hydrogens (tertiary/aromatic N) is 2. The first-order valence-corrected chi connectivity index (χ1v) is 7.69. The van der Waals surface area contributed by atoms with Gasteiger partial charge < -0.3 is 14.2 Å². The molecule has 0 saturated carbocycles. The zero-order valence-corrected chi connectivity index (χ0v) is 13.6. The molecule has 4 heteroatoms. The van der Waals surface area contributed by atoms with Crippen LogP contribution in [0.5, 0.6) is 5.75 Å². The largest absolute Gasteiger partial charge is 0.497 e. The minimum atomic E-state index is 0.105. The van der Waals surface area contributed by atoms with Crippen LogP contribution in [0, 0.1) is 6.92 Å². The standard InChI is InChI=1S/C18H22N2O2/c1-5-13-7-6-10-20(13)18(21)17-12(2)19(3)16-9-8-14(22-4)11-15(16)17/h6-9,11,13H,5,10H2,1-4H3/t13-/m1/s1. The number of rotatable bonds is 3. The van der Waals surface area contributed by atoms with Crippen molar-refractivity contribution in [2.24, 2.45) is 7.05 Å². The Kier molecular flexibility index (Phi) is 3.69. The number of aryl methyl sites for hydroxylation is 1. The van der Waals surface area contributed by atoms with E-state index in [1.165, 1.54) is 0 Å². The molecule has 22 heavy (non-hydrogen) atoms. The lowest BCUT2D eigenvalue weighted by atomic mass is 10.1. The van der Waals surface area contributed by atoms with Gasteiger partial charge in [0.05, 0.1) is 18.7 Å². The number of methoxy groups -OCH3 is 1. The fraction of sp³-hybridized carbons (Fsp3) is 0.389. The number of benzene rings is 1. The molecular formula is C18H22N2O2. The van der Waals surface area contributed by atoms with E-state index in [1.807, 2.05) is 37.1 Å². The van der Waals surface area contributed by atoms with Gasteiger partial charge in [0, 0.05) is 30.2 Å². The minimum Gasteiger partial charge on any atom is -0.497 e. The van der Waals surface area contributed by atoms with E-state index in [1.54, 1.807) is 7.11 Å². The molecule has 1 aromatic heterocycles. The van der Waals surface area contributed by atoms with Gasteiger partial charge in [-0.3, -0.25) is 4.79 Å². The smallest absolute Gasteiger partial charge is 0.257 e. The highest BCUT2D eigenvalue weighted by molar-refractivity contribution is 6.09. The molecule has 1 amide bonds. The average Bonchev–Trinajstić information content (AvgIpc) is 3.10. The molecule has 2 heterocycles. The van der Waals surface area contributed by atoms with E-state index in [9.17, 15) is 4.79 Å². The van der Waals surface area contributed by atoms with Crippen molar-refractivity contribution < 1.29 is 9.53 Å². The molecular weight excluding hydrogens is 276 g/mol. The highest BCUT2D eigenvalue weighted by Crippen LogP contribution is 2.30. The van der Waals surface area contributed by atoms with Crippen molar-refractivity contribution in [3.05, 3.63) is 41.6 Å². The molecule has 0 aliphatic carbocycles. The quantitative estimate of drug-likeness (QED) is 0.815. The number of ether oxygens (including phenoxy) is 1. The van der Waals surface area contributed by atoms with E-state index in [2.05, 4.69) is 23.6 Å². The first-order valence-electron chi connectivity index (χ1n) is 7.69. The highest BCUT2D eigenvalue weighted by atomic mass is 16.5. The average molecular weight is 298 g/mol. The van der Waals surface area contributed by atoms with Crippen LogP contribution >= 0.6 is 0 Å². The Labute approximate surface area is 131 Å². The van der Waals surface area contributed by atoms with Gasteiger partial charge in [-0.1, -0.05) is 19.1 Å². The number of fused-ring (bicyclic) bond motifs is 1. The van der Waals surface area contributed by atoms with E-state index in [-0.39, 0.29) is 11.9 Å². The molecule has 0 saturated heterocycles. The lowest BCUT2D eigenvalue weighted by Gasteiger charge is -2.23. The van der Waals surface area contributed by atoms with Crippen LogP contribution in [-0.4, -0.2) is 35.1 Å². The molecule has 0 spiro atoms. The second kappa shape index (κ2) is 5.52. The van der Waals surface area contributed by atoms with E-state index in [0.29, 0.717) is 6.54 Å². The van der Waals surface area contributed by atoms with Crippen molar-refractivity contribution in [1.82, 2.24) is 9.47 Å². The first-order chi connectivity index (χ1) is 10.6. The molecule has 2 aromatic rings. The zero-order valence-electron chi connectivity index (χ0n) is 13.6. The van der Waals surface area contributed by atoms with Crippen LogP contribution in [0.4, 0.5) is 0 Å². The fourth-order valence-electron chi connectivity index (χ4n) is 3.25. The predicted molar refractivity (Wildman–Crippen MR) is 88.5 cm³/mol. The van der Waals surface area contributed by atoms with E-state index < -0.39 is 0 Å². The molecule has 3 rings (SSSR count). The lowest BCUT2D eigenvalue weighted by molar-refractivity contribution is 0.0748. The number of aromatic nitrogens is 1. The third-order valence-corrected chi connectivity index (χ3v) is 4.65. The van der Waals surface area contributed by atoms with Gasteiger partial charge in [-0.15, -0.1) is 0 Å². The van der Waals surface area contributed by atoms with Crippen LogP contribution in [0.1, 0.15) is 29.4 Å². The zero-order chi connectivity index (χ0) is 15.9. The summed E-state index contributed by atoms with van der Waals surface area (Å²) < 4.78 is 7.40. The summed E-state index contributed by atoms with van der Waals surface area (Å²) in [4.78, 5) is 15.0. The van der Waals surface area contributed by atoms with Crippen molar-refractivity contribution in [3.8, 4) is 5.75 Å². The Balaban J connectivity index is 2.13. The molecule has 1 aliphatic rings. The highest BCUT2D eigenvalue weighted by Gasteiger charge is 2.28. The normalized spacial score (nSPS) is 17.5. The molecule has 116 valence electrons. The Hall–Kier alpha value is -2.23. The lowest BCUT2D eigenvalue weighted by Crippen LogP contribution is -2.36. The van der Waals surface area contributed by atoms with Gasteiger partial charge in [0.15, 0.2) is 0 Å². The third kappa shape index (κ3) is 2.10. The predicted octanol–water partition coefficient (Wildman–Crippen LogP) is 3.29. The summed E-state index contributed by atoms with van der Waals surface area (Å²) in [7, 11) is 3.65. The third-order valence-electron chi connectivity index (χ3n) is 4.65. The summed E-state index contributed by atoms with van der Waals surface area (Å²) in [5, 5.41) is 0.964. The number of hydrogen-bond donors (Lipinski definition) is 0. The van der Waals surface area contributed by atoms with Gasteiger partial charge in [-0.25, -0.2) is 0 Å². The number of hydrogen-bond acceptors (Lipinski definition) is 2. The van der Waals surface area contributed by atoms with Crippen LogP contribution in [0.2, 0.25) is 0 Å². The summed E-state index contributed by atoms with van der Waals surface area (Å²) in [6, 6.07) is 6.10. The van der Waals surface area contributed by atoms with E-state index in [0.717, 1.165) is 34.3 Å². The Morgan fingerprint density at radius 2 is 2.18 bits per heavy atom. The van der Waals surface area contributed by atoms with Crippen LogP contribution < -0.4 is 4.74 Å². The summed E-state index contributed by atoms with van der Waals surface area (Å²) in [5.74, 6) is 0.881. The maximum atomic E-state index is 13.1. The Morgan fingerprint density at radius 1 is 1.41 bits per heavy atom. The van der Waals surface area contributed by atoms with Crippen LogP contribution in [-0.2, 0) is 7.05 Å². The van der Waals surface area contributed by atoms with E-state index >= 15 is 0 Å². The summed E-state index contributed by atoms with van der Waals surface area (Å²) >= 11 is 0. The Morgan fingerprint density at radius 3 is 2.86 bits per heavy atom. The van der Waals surface area contributed by atoms with Crippen molar-refractivity contribution in [2.75, 3.05) is 13.7 Å². The summed E-state index contributed by atoms with van der Waals surface area (Å²) in [6.45, 7) is 4.81. The van der Waals surface area contributed by atoms with Gasteiger partial charge in [0.2, 0.25) is 0 Å². The molecule has 0 bridgehead atoms. The van der Waals surface area contributed by atoms with Crippen molar-refractivity contribution in [2.45, 2.75) is 26.3 Å². The van der Waals surface area contributed by atoms with Gasteiger partial charge in [0.1, 0.15) is 5.75 Å². The molecule has 4 nitrogen and oxygen atoms in total. The number of carbonyl (C=O) groups is 1. The van der Waals surface area contributed by atoms with Gasteiger partial charge in [-0.05, 0) is 31.5 Å². The molecule has 0 N–H and O–H groups in total. The summed E-state index contributed by atoms with van der Waals surface area (Å²) in [5.41, 5.74) is 2.84. The molecule has 1 aromatic carbocycles. The van der Waals surface area contributed by atoms with Crippen molar-refractivity contribution >= 4 is 16.8 Å².